The Bertz CT molecular complexity index is 2710. The zero-order valence-corrected chi connectivity index (χ0v) is 43.4. The number of ether oxygens (including phenoxy) is 7. The number of benzene rings is 3. The molecule has 0 spiro atoms. The van der Waals surface area contributed by atoms with Crippen molar-refractivity contribution in [3.8, 4) is 0 Å². The van der Waals surface area contributed by atoms with Gasteiger partial charge in [0.05, 0.1) is 29.9 Å². The number of alkyl carbamates (subject to hydrolysis) is 2. The van der Waals surface area contributed by atoms with E-state index in [1.807, 2.05) is 0 Å². The number of hydrogen-bond donors (Lipinski definition) is 5. The summed E-state index contributed by atoms with van der Waals surface area (Å²) < 4.78 is 57.5. The second-order valence-corrected chi connectivity index (χ2v) is 20.1. The lowest BCUT2D eigenvalue weighted by Gasteiger charge is -2.67. The number of halogens is 1. The summed E-state index contributed by atoms with van der Waals surface area (Å²) in [5.74, 6) is -8.08. The summed E-state index contributed by atoms with van der Waals surface area (Å²) >= 11 is 4.20. The molecular formula is C54H62FN3O16S. The number of ketones is 1. The molecule has 0 aromatic heterocycles. The topological polar surface area (TPSA) is 257 Å². The standard InChI is InChI=1S/C54H62FN3O16S/c1-8-56-49(65)71-41-39-29(3)35(69-48(64)42(72-50(66)57-9-2)40(31-16-12-10-13-17-31)58-46(62)32-18-14-11-15-19-32)27-54(67,51(39,5)6)45(73-47(63)33-20-22-34(55)23-21-33)43-52(7,44(41)61)36(70-38(60)24-25-75)26-37-53(43,28-68-37)74-30(4)59/h10-23,35-37,40-43,45,67,75H,8-9,24-28H2,1-7H3,(H,56,65)(H,57,66)(H,58,62)/t35-,36-,37+,40-,41+,42+,43?,45?,52+,53-,54+/m0/s1. The van der Waals surface area contributed by atoms with E-state index in [0.29, 0.717) is 5.56 Å². The van der Waals surface area contributed by atoms with E-state index in [4.69, 9.17) is 33.2 Å². The van der Waals surface area contributed by atoms with Crippen molar-refractivity contribution in [3.63, 3.8) is 0 Å². The predicted molar refractivity (Wildman–Crippen MR) is 266 cm³/mol. The van der Waals surface area contributed by atoms with E-state index in [1.165, 1.54) is 39.8 Å². The quantitative estimate of drug-likeness (QED) is 0.0500. The van der Waals surface area contributed by atoms with Crippen molar-refractivity contribution >= 4 is 60.4 Å². The minimum Gasteiger partial charge on any atom is -0.461 e. The molecule has 19 nitrogen and oxygen atoms in total. The first kappa shape index (κ1) is 55.9. The average molecular weight is 1060 g/mol. The molecule has 3 aromatic carbocycles. The first-order valence-corrected chi connectivity index (χ1v) is 25.3. The van der Waals surface area contributed by atoms with Gasteiger partial charge >= 0.3 is 36.1 Å². The largest absolute Gasteiger partial charge is 0.461 e. The molecule has 75 heavy (non-hydrogen) atoms. The normalized spacial score (nSPS) is 28.1. The number of hydrogen-bond acceptors (Lipinski definition) is 17. The number of Topliss-reactive ketones (excluding diaryl/α,β-unsaturated/α-hetero) is 1. The van der Waals surface area contributed by atoms with Gasteiger partial charge in [0.1, 0.15) is 41.9 Å². The van der Waals surface area contributed by atoms with Crippen LogP contribution in [0.3, 0.4) is 0 Å². The maximum atomic E-state index is 16.3. The van der Waals surface area contributed by atoms with Gasteiger partial charge in [-0.25, -0.2) is 23.6 Å². The molecule has 7 rings (SSSR count). The molecule has 3 aliphatic carbocycles. The highest BCUT2D eigenvalue weighted by Crippen LogP contribution is 2.65. The van der Waals surface area contributed by atoms with Crippen LogP contribution in [-0.2, 0) is 52.3 Å². The third-order valence-corrected chi connectivity index (χ3v) is 15.1. The van der Waals surface area contributed by atoms with E-state index in [1.54, 1.807) is 62.4 Å². The minimum absolute atomic E-state index is 0.0293. The number of carbonyl (C=O) groups excluding carboxylic acids is 8. The highest BCUT2D eigenvalue weighted by Gasteiger charge is 2.79. The fourth-order valence-corrected chi connectivity index (χ4v) is 11.4. The van der Waals surface area contributed by atoms with Gasteiger partial charge in [0, 0.05) is 49.6 Å². The molecule has 2 saturated carbocycles. The van der Waals surface area contributed by atoms with Crippen molar-refractivity contribution in [2.24, 2.45) is 16.7 Å². The van der Waals surface area contributed by atoms with Gasteiger partial charge in [-0.3, -0.25) is 19.2 Å². The van der Waals surface area contributed by atoms with E-state index in [-0.39, 0.29) is 54.0 Å². The second kappa shape index (κ2) is 22.6. The van der Waals surface area contributed by atoms with Gasteiger partial charge in [-0.1, -0.05) is 62.4 Å². The average Bonchev–Trinajstić information content (AvgIpc) is 3.36. The van der Waals surface area contributed by atoms with Gasteiger partial charge in [0.2, 0.25) is 6.10 Å². The van der Waals surface area contributed by atoms with Gasteiger partial charge in [0.25, 0.3) is 5.91 Å². The lowest BCUT2D eigenvalue weighted by molar-refractivity contribution is -0.346. The first-order chi connectivity index (χ1) is 35.6. The highest BCUT2D eigenvalue weighted by atomic mass is 32.1. The number of fused-ring (bicyclic) bond motifs is 5. The Kier molecular flexibility index (Phi) is 16.8. The Morgan fingerprint density at radius 2 is 1.47 bits per heavy atom. The maximum absolute atomic E-state index is 16.3. The van der Waals surface area contributed by atoms with Gasteiger partial charge in [-0.2, -0.15) is 12.6 Å². The van der Waals surface area contributed by atoms with Crippen LogP contribution in [-0.4, -0.2) is 126 Å². The van der Waals surface area contributed by atoms with Crippen LogP contribution in [0.25, 0.3) is 0 Å². The number of esters is 4. The number of thiol groups is 1. The predicted octanol–water partition coefficient (Wildman–Crippen LogP) is 5.68. The number of carbonyl (C=O) groups is 8. The fraction of sp³-hybridized carbons (Fsp3) is 0.481. The molecule has 3 fully saturated rings. The zero-order chi connectivity index (χ0) is 54.6. The third-order valence-electron chi connectivity index (χ3n) is 14.9. The minimum atomic E-state index is -2.60. The molecule has 21 heteroatoms. The molecule has 3 aromatic rings. The molecule has 402 valence electrons. The van der Waals surface area contributed by atoms with Crippen molar-refractivity contribution in [3.05, 3.63) is 119 Å². The Morgan fingerprint density at radius 3 is 2.05 bits per heavy atom. The van der Waals surface area contributed by atoms with Crippen LogP contribution < -0.4 is 16.0 Å². The summed E-state index contributed by atoms with van der Waals surface area (Å²) in [4.78, 5) is 114. The summed E-state index contributed by atoms with van der Waals surface area (Å²) in [7, 11) is 0. The summed E-state index contributed by atoms with van der Waals surface area (Å²) in [6.45, 7) is 9.84. The third kappa shape index (κ3) is 10.7. The summed E-state index contributed by atoms with van der Waals surface area (Å²) in [5.41, 5.74) is -8.38. The Labute approximate surface area is 438 Å². The highest BCUT2D eigenvalue weighted by molar-refractivity contribution is 7.80. The molecular weight excluding hydrogens is 998 g/mol. The molecule has 1 saturated heterocycles. The van der Waals surface area contributed by atoms with Crippen molar-refractivity contribution in [1.29, 1.82) is 0 Å². The van der Waals surface area contributed by atoms with Crippen molar-refractivity contribution in [1.82, 2.24) is 16.0 Å². The molecule has 1 heterocycles. The van der Waals surface area contributed by atoms with Crippen molar-refractivity contribution in [2.75, 3.05) is 25.4 Å². The van der Waals surface area contributed by atoms with Gasteiger partial charge in [0.15, 0.2) is 17.5 Å². The number of amides is 3. The van der Waals surface area contributed by atoms with Crippen LogP contribution in [0.2, 0.25) is 0 Å². The van der Waals surface area contributed by atoms with Crippen LogP contribution in [0.1, 0.15) is 100 Å². The SMILES string of the molecule is CCNC(=O)O[C@H]1C(=O)[C@@]2(C)C(C(OC(=O)c3ccc(F)cc3)[C@]3(O)C[C@H](OC(=O)[C@H](OC(=O)NCC)[C@@H](NC(=O)c4ccccc4)c4ccccc4)C(C)=C1C3(C)C)[C@]1(OC(C)=O)CO[C@@H]1C[C@@H]2OC(=O)CCS. The fourth-order valence-electron chi connectivity index (χ4n) is 11.2. The summed E-state index contributed by atoms with van der Waals surface area (Å²) in [5, 5.41) is 22.0. The molecule has 2 bridgehead atoms. The zero-order valence-electron chi connectivity index (χ0n) is 42.5. The second-order valence-electron chi connectivity index (χ2n) is 19.7. The van der Waals surface area contributed by atoms with E-state index in [0.717, 1.165) is 31.2 Å². The first-order valence-electron chi connectivity index (χ1n) is 24.6. The van der Waals surface area contributed by atoms with Crippen LogP contribution in [0, 0.1) is 22.6 Å². The Balaban J connectivity index is 1.47. The number of nitrogens with one attached hydrogen (secondary N) is 3. The smallest absolute Gasteiger partial charge is 0.408 e. The van der Waals surface area contributed by atoms with Crippen LogP contribution in [0.15, 0.2) is 96.1 Å². The lowest BCUT2D eigenvalue weighted by Crippen LogP contribution is -2.82. The number of aliphatic hydroxyl groups is 1. The van der Waals surface area contributed by atoms with Gasteiger partial charge in [-0.15, -0.1) is 0 Å². The van der Waals surface area contributed by atoms with E-state index < -0.39 is 137 Å². The number of rotatable bonds is 16. The van der Waals surface area contributed by atoms with Crippen LogP contribution in [0.4, 0.5) is 14.0 Å². The van der Waals surface area contributed by atoms with Gasteiger partial charge in [-0.05, 0) is 80.8 Å². The molecule has 11 atom stereocenters. The van der Waals surface area contributed by atoms with E-state index in [2.05, 4.69) is 28.6 Å². The van der Waals surface area contributed by atoms with Crippen molar-refractivity contribution < 1.29 is 81.0 Å². The van der Waals surface area contributed by atoms with Gasteiger partial charge < -0.3 is 54.2 Å². The monoisotopic (exact) mass is 1060 g/mol. The molecule has 4 N–H and O–H groups in total. The Hall–Kier alpha value is -6.84. The molecule has 0 radical (unpaired) electrons. The lowest BCUT2D eigenvalue weighted by atomic mass is 9.44. The molecule has 4 aliphatic rings. The Morgan fingerprint density at radius 1 is 0.840 bits per heavy atom. The summed E-state index contributed by atoms with van der Waals surface area (Å²) in [6.07, 6.45) is -13.7. The maximum Gasteiger partial charge on any atom is 0.408 e. The van der Waals surface area contributed by atoms with Crippen molar-refractivity contribution in [2.45, 2.75) is 122 Å². The molecule has 3 amide bonds. The van der Waals surface area contributed by atoms with Crippen LogP contribution in [0.5, 0.6) is 0 Å². The molecule has 2 unspecified atom stereocenters. The molecule has 1 aliphatic heterocycles. The van der Waals surface area contributed by atoms with E-state index >= 15 is 9.59 Å². The van der Waals surface area contributed by atoms with E-state index in [9.17, 15) is 38.3 Å². The van der Waals surface area contributed by atoms with Crippen LogP contribution >= 0.6 is 12.6 Å². The summed E-state index contributed by atoms with van der Waals surface area (Å²) in [6, 6.07) is 19.0.